The molecule has 1 rings (SSSR count). The van der Waals surface area contributed by atoms with Gasteiger partial charge in [0.15, 0.2) is 0 Å². The van der Waals surface area contributed by atoms with Crippen molar-refractivity contribution in [3.05, 3.63) is 0 Å². The Morgan fingerprint density at radius 1 is 0.909 bits per heavy atom. The first-order valence-electron chi connectivity index (χ1n) is 4.08. The van der Waals surface area contributed by atoms with Crippen molar-refractivity contribution >= 4 is 0 Å². The van der Waals surface area contributed by atoms with Crippen LogP contribution < -0.4 is 0 Å². The summed E-state index contributed by atoms with van der Waals surface area (Å²) in [4.78, 5) is 0. The van der Waals surface area contributed by atoms with Crippen molar-refractivity contribution in [2.45, 2.75) is 38.6 Å². The van der Waals surface area contributed by atoms with Gasteiger partial charge in [-0.25, -0.2) is 0 Å². The SMILES string of the molecule is CC1C(C)[C@@H](O)CC(O)[C@@H]1O. The molecule has 0 aromatic carbocycles. The molecule has 5 atom stereocenters. The zero-order valence-corrected chi connectivity index (χ0v) is 6.94. The summed E-state index contributed by atoms with van der Waals surface area (Å²) in [5.74, 6) is 0.0575. The van der Waals surface area contributed by atoms with E-state index in [0.29, 0.717) is 6.42 Å². The molecule has 0 spiro atoms. The third-order valence-corrected chi connectivity index (χ3v) is 2.85. The van der Waals surface area contributed by atoms with E-state index < -0.39 is 18.3 Å². The zero-order valence-electron chi connectivity index (χ0n) is 6.94. The molecule has 1 fully saturated rings. The van der Waals surface area contributed by atoms with Gasteiger partial charge in [0.2, 0.25) is 0 Å². The van der Waals surface area contributed by atoms with Crippen LogP contribution in [0.2, 0.25) is 0 Å². The standard InChI is InChI=1S/C8H16O3/c1-4-5(2)8(11)7(10)3-6(4)9/h4-11H,3H2,1-2H3/t4?,5?,6-,7?,8+/m0/s1. The lowest BCUT2D eigenvalue weighted by Crippen LogP contribution is -2.46. The molecule has 0 aromatic rings. The van der Waals surface area contributed by atoms with E-state index in [1.165, 1.54) is 0 Å². The Morgan fingerprint density at radius 2 is 1.45 bits per heavy atom. The predicted molar refractivity (Wildman–Crippen MR) is 41.0 cm³/mol. The van der Waals surface area contributed by atoms with Crippen LogP contribution in [0, 0.1) is 11.8 Å². The Labute approximate surface area is 66.7 Å². The quantitative estimate of drug-likeness (QED) is 0.458. The molecule has 11 heavy (non-hydrogen) atoms. The summed E-state index contributed by atoms with van der Waals surface area (Å²) in [7, 11) is 0. The molecular weight excluding hydrogens is 144 g/mol. The van der Waals surface area contributed by atoms with Crippen LogP contribution in [0.15, 0.2) is 0 Å². The Hall–Kier alpha value is -0.120. The number of rotatable bonds is 0. The minimum absolute atomic E-state index is 0.0197. The predicted octanol–water partition coefficient (Wildman–Crippen LogP) is -0.255. The van der Waals surface area contributed by atoms with Gasteiger partial charge in [-0.15, -0.1) is 0 Å². The maximum absolute atomic E-state index is 9.37. The van der Waals surface area contributed by atoms with Crippen LogP contribution in [0.25, 0.3) is 0 Å². The summed E-state index contributed by atoms with van der Waals surface area (Å²) >= 11 is 0. The maximum Gasteiger partial charge on any atom is 0.0829 e. The van der Waals surface area contributed by atoms with Gasteiger partial charge in [-0.1, -0.05) is 13.8 Å². The van der Waals surface area contributed by atoms with E-state index in [2.05, 4.69) is 0 Å². The highest BCUT2D eigenvalue weighted by Crippen LogP contribution is 2.29. The summed E-state index contributed by atoms with van der Waals surface area (Å²) in [6.45, 7) is 3.74. The highest BCUT2D eigenvalue weighted by atomic mass is 16.3. The lowest BCUT2D eigenvalue weighted by Gasteiger charge is -2.37. The minimum atomic E-state index is -0.754. The molecule has 66 valence electrons. The van der Waals surface area contributed by atoms with Crippen molar-refractivity contribution in [1.29, 1.82) is 0 Å². The molecule has 3 unspecified atom stereocenters. The monoisotopic (exact) mass is 160 g/mol. The van der Waals surface area contributed by atoms with Crippen molar-refractivity contribution in [2.75, 3.05) is 0 Å². The fourth-order valence-electron chi connectivity index (χ4n) is 1.61. The zero-order chi connectivity index (χ0) is 8.59. The Kier molecular flexibility index (Phi) is 2.52. The third-order valence-electron chi connectivity index (χ3n) is 2.85. The molecule has 0 amide bonds. The van der Waals surface area contributed by atoms with Gasteiger partial charge in [-0.05, 0) is 11.8 Å². The van der Waals surface area contributed by atoms with Gasteiger partial charge < -0.3 is 15.3 Å². The first-order valence-corrected chi connectivity index (χ1v) is 4.08. The lowest BCUT2D eigenvalue weighted by molar-refractivity contribution is -0.105. The van der Waals surface area contributed by atoms with E-state index in [1.807, 2.05) is 13.8 Å². The van der Waals surface area contributed by atoms with Gasteiger partial charge in [0.05, 0.1) is 18.3 Å². The van der Waals surface area contributed by atoms with Crippen molar-refractivity contribution in [3.63, 3.8) is 0 Å². The second-order valence-electron chi connectivity index (χ2n) is 3.58. The first kappa shape index (κ1) is 8.97. The van der Waals surface area contributed by atoms with Crippen LogP contribution >= 0.6 is 0 Å². The fraction of sp³-hybridized carbons (Fsp3) is 1.00. The average molecular weight is 160 g/mol. The molecule has 0 bridgehead atoms. The summed E-state index contributed by atoms with van der Waals surface area (Å²) in [5.41, 5.74) is 0. The van der Waals surface area contributed by atoms with Crippen LogP contribution in [0.4, 0.5) is 0 Å². The molecule has 0 aliphatic heterocycles. The molecule has 3 heteroatoms. The number of hydrogen-bond donors (Lipinski definition) is 3. The van der Waals surface area contributed by atoms with E-state index in [9.17, 15) is 15.3 Å². The topological polar surface area (TPSA) is 60.7 Å². The Bertz CT molecular complexity index is 123. The first-order chi connectivity index (χ1) is 5.04. The van der Waals surface area contributed by atoms with E-state index in [0.717, 1.165) is 0 Å². The van der Waals surface area contributed by atoms with Crippen molar-refractivity contribution < 1.29 is 15.3 Å². The molecule has 1 aliphatic rings. The van der Waals surface area contributed by atoms with Crippen molar-refractivity contribution in [3.8, 4) is 0 Å². The largest absolute Gasteiger partial charge is 0.393 e. The van der Waals surface area contributed by atoms with Crippen molar-refractivity contribution in [2.24, 2.45) is 11.8 Å². The number of hydrogen-bond acceptors (Lipinski definition) is 3. The van der Waals surface area contributed by atoms with E-state index in [-0.39, 0.29) is 11.8 Å². The molecular formula is C8H16O3. The number of aliphatic hydroxyl groups excluding tert-OH is 3. The average Bonchev–Trinajstić information content (AvgIpc) is 1.97. The van der Waals surface area contributed by atoms with E-state index in [4.69, 9.17) is 0 Å². The minimum Gasteiger partial charge on any atom is -0.393 e. The van der Waals surface area contributed by atoms with Crippen molar-refractivity contribution in [1.82, 2.24) is 0 Å². The van der Waals surface area contributed by atoms with Gasteiger partial charge in [-0.2, -0.15) is 0 Å². The summed E-state index contributed by atoms with van der Waals surface area (Å²) < 4.78 is 0. The Balaban J connectivity index is 2.63. The van der Waals surface area contributed by atoms with Gasteiger partial charge in [0.25, 0.3) is 0 Å². The van der Waals surface area contributed by atoms with Gasteiger partial charge in [0, 0.05) is 6.42 Å². The molecule has 3 N–H and O–H groups in total. The second-order valence-corrected chi connectivity index (χ2v) is 3.58. The van der Waals surface area contributed by atoms with Crippen LogP contribution in [0.3, 0.4) is 0 Å². The molecule has 0 aromatic heterocycles. The van der Waals surface area contributed by atoms with Gasteiger partial charge in [-0.3, -0.25) is 0 Å². The summed E-state index contributed by atoms with van der Waals surface area (Å²) in [5, 5.41) is 28.0. The Morgan fingerprint density at radius 3 is 2.00 bits per heavy atom. The molecule has 1 saturated carbocycles. The molecule has 0 radical (unpaired) electrons. The normalized spacial score (nSPS) is 52.6. The van der Waals surface area contributed by atoms with E-state index >= 15 is 0 Å². The highest BCUT2D eigenvalue weighted by Gasteiger charge is 2.37. The van der Waals surface area contributed by atoms with Gasteiger partial charge >= 0.3 is 0 Å². The summed E-state index contributed by atoms with van der Waals surface area (Å²) in [6, 6.07) is 0. The maximum atomic E-state index is 9.37. The summed E-state index contributed by atoms with van der Waals surface area (Å²) in [6.07, 6.45) is -1.60. The second kappa shape index (κ2) is 3.09. The van der Waals surface area contributed by atoms with Crippen LogP contribution in [-0.4, -0.2) is 33.6 Å². The number of aliphatic hydroxyl groups is 3. The molecule has 0 saturated heterocycles. The molecule has 0 heterocycles. The molecule has 1 aliphatic carbocycles. The molecule has 3 nitrogen and oxygen atoms in total. The lowest BCUT2D eigenvalue weighted by atomic mass is 9.76. The van der Waals surface area contributed by atoms with Crippen LogP contribution in [0.1, 0.15) is 20.3 Å². The highest BCUT2D eigenvalue weighted by molar-refractivity contribution is 4.87. The smallest absolute Gasteiger partial charge is 0.0829 e. The van der Waals surface area contributed by atoms with Crippen LogP contribution in [0.5, 0.6) is 0 Å². The third kappa shape index (κ3) is 1.55. The fourth-order valence-corrected chi connectivity index (χ4v) is 1.61. The van der Waals surface area contributed by atoms with E-state index in [1.54, 1.807) is 0 Å². The van der Waals surface area contributed by atoms with Crippen LogP contribution in [-0.2, 0) is 0 Å². The van der Waals surface area contributed by atoms with Gasteiger partial charge in [0.1, 0.15) is 0 Å².